The first-order valence-corrected chi connectivity index (χ1v) is 5.89. The van der Waals surface area contributed by atoms with Crippen LogP contribution in [-0.2, 0) is 4.79 Å². The molecule has 0 aliphatic heterocycles. The highest BCUT2D eigenvalue weighted by Crippen LogP contribution is 2.09. The van der Waals surface area contributed by atoms with Gasteiger partial charge in [0.2, 0.25) is 11.2 Å². The maximum absolute atomic E-state index is 11.0. The molecule has 2 rings (SSSR count). The van der Waals surface area contributed by atoms with Gasteiger partial charge in [-0.15, -0.1) is 0 Å². The van der Waals surface area contributed by atoms with Gasteiger partial charge in [0.25, 0.3) is 0 Å². The number of hydrogen-bond donors (Lipinski definition) is 1. The number of nitrogens with zero attached hydrogens (tertiary/aromatic N) is 2. The summed E-state index contributed by atoms with van der Waals surface area (Å²) in [6.07, 6.45) is 1.55. The maximum Gasteiger partial charge on any atom is 0.223 e. The summed E-state index contributed by atoms with van der Waals surface area (Å²) in [6, 6.07) is 8.94. The molecule has 0 fully saturated rings. The lowest BCUT2D eigenvalue weighted by molar-refractivity contribution is -0.114. The third-order valence-electron chi connectivity index (χ3n) is 2.14. The van der Waals surface area contributed by atoms with Crippen LogP contribution < -0.4 is 5.32 Å². The molecule has 0 aliphatic rings. The highest BCUT2D eigenvalue weighted by molar-refractivity contribution is 6.28. The number of carbonyl (C=O) groups excluding carboxylic acids is 1. The fourth-order valence-electron chi connectivity index (χ4n) is 1.42. The van der Waals surface area contributed by atoms with Gasteiger partial charge in [-0.3, -0.25) is 4.79 Å². The van der Waals surface area contributed by atoms with Crippen molar-refractivity contribution < 1.29 is 4.79 Å². The summed E-state index contributed by atoms with van der Waals surface area (Å²) in [5, 5.41) is 2.86. The number of halogens is 1. The lowest BCUT2D eigenvalue weighted by Gasteiger charge is -2.01. The second-order valence-corrected chi connectivity index (χ2v) is 4.06. The van der Waals surface area contributed by atoms with Crippen molar-refractivity contribution in [1.29, 1.82) is 0 Å². The van der Waals surface area contributed by atoms with Crippen LogP contribution in [0.25, 0.3) is 0 Å². The van der Waals surface area contributed by atoms with E-state index in [4.69, 9.17) is 11.6 Å². The molecule has 2 aromatic rings. The number of benzene rings is 1. The second kappa shape index (κ2) is 5.98. The van der Waals surface area contributed by atoms with E-state index in [1.807, 2.05) is 12.1 Å². The van der Waals surface area contributed by atoms with Gasteiger partial charge in [0, 0.05) is 24.4 Å². The van der Waals surface area contributed by atoms with Gasteiger partial charge < -0.3 is 5.32 Å². The Morgan fingerprint density at radius 1 is 1.32 bits per heavy atom. The van der Waals surface area contributed by atoms with E-state index < -0.39 is 0 Å². The molecule has 94 valence electrons. The molecule has 0 atom stereocenters. The fourth-order valence-corrected chi connectivity index (χ4v) is 1.57. The molecule has 1 aromatic heterocycles. The number of hydrogen-bond acceptors (Lipinski definition) is 3. The second-order valence-electron chi connectivity index (χ2n) is 3.72. The van der Waals surface area contributed by atoms with E-state index in [1.54, 1.807) is 24.4 Å². The van der Waals surface area contributed by atoms with Crippen LogP contribution in [0.5, 0.6) is 0 Å². The highest BCUT2D eigenvalue weighted by Gasteiger charge is 1.96. The molecule has 0 spiro atoms. The standard InChI is InChI=1S/C14H10ClN3O/c1-10(19)17-13-4-2-3-11(9-13)5-6-12-7-8-16-14(15)18-12/h2-4,7-9H,1H3,(H,17,19). The van der Waals surface area contributed by atoms with E-state index in [9.17, 15) is 4.79 Å². The van der Waals surface area contributed by atoms with Gasteiger partial charge in [-0.25, -0.2) is 9.97 Å². The van der Waals surface area contributed by atoms with Crippen molar-refractivity contribution in [3.63, 3.8) is 0 Å². The highest BCUT2D eigenvalue weighted by atomic mass is 35.5. The van der Waals surface area contributed by atoms with E-state index in [0.29, 0.717) is 11.4 Å². The fraction of sp³-hybridized carbons (Fsp3) is 0.0714. The first-order valence-electron chi connectivity index (χ1n) is 5.52. The molecule has 1 N–H and O–H groups in total. The number of amides is 1. The molecular weight excluding hydrogens is 262 g/mol. The van der Waals surface area contributed by atoms with Gasteiger partial charge in [-0.05, 0) is 41.8 Å². The lowest BCUT2D eigenvalue weighted by Crippen LogP contribution is -2.05. The number of carbonyl (C=O) groups is 1. The van der Waals surface area contributed by atoms with Gasteiger partial charge in [-0.1, -0.05) is 12.0 Å². The van der Waals surface area contributed by atoms with Crippen LogP contribution in [0.3, 0.4) is 0 Å². The minimum absolute atomic E-state index is 0.118. The van der Waals surface area contributed by atoms with Crippen LogP contribution in [0.1, 0.15) is 18.2 Å². The van der Waals surface area contributed by atoms with Gasteiger partial charge in [0.1, 0.15) is 5.69 Å². The number of rotatable bonds is 1. The SMILES string of the molecule is CC(=O)Nc1cccc(C#Cc2ccnc(Cl)n2)c1. The summed E-state index contributed by atoms with van der Waals surface area (Å²) in [5.74, 6) is 5.72. The third kappa shape index (κ3) is 4.09. The molecule has 1 heterocycles. The van der Waals surface area contributed by atoms with E-state index in [0.717, 1.165) is 5.56 Å². The molecule has 0 unspecified atom stereocenters. The van der Waals surface area contributed by atoms with Crippen molar-refractivity contribution in [2.24, 2.45) is 0 Å². The Morgan fingerprint density at radius 2 is 2.16 bits per heavy atom. The van der Waals surface area contributed by atoms with Crippen LogP contribution >= 0.6 is 11.6 Å². The van der Waals surface area contributed by atoms with Crippen molar-refractivity contribution in [3.05, 3.63) is 53.1 Å². The molecule has 0 saturated carbocycles. The topological polar surface area (TPSA) is 54.9 Å². The molecule has 19 heavy (non-hydrogen) atoms. The number of anilines is 1. The Balaban J connectivity index is 2.22. The summed E-state index contributed by atoms with van der Waals surface area (Å²) in [7, 11) is 0. The monoisotopic (exact) mass is 271 g/mol. The minimum atomic E-state index is -0.118. The molecule has 1 aromatic carbocycles. The molecule has 1 amide bonds. The molecule has 4 nitrogen and oxygen atoms in total. The Labute approximate surface area is 115 Å². The van der Waals surface area contributed by atoms with Gasteiger partial charge in [0.15, 0.2) is 0 Å². The Hall–Kier alpha value is -2.38. The smallest absolute Gasteiger partial charge is 0.223 e. The minimum Gasteiger partial charge on any atom is -0.326 e. The molecular formula is C14H10ClN3O. The average molecular weight is 272 g/mol. The Morgan fingerprint density at radius 3 is 2.89 bits per heavy atom. The first-order chi connectivity index (χ1) is 9.13. The molecule has 0 aliphatic carbocycles. The van der Waals surface area contributed by atoms with Gasteiger partial charge >= 0.3 is 0 Å². The van der Waals surface area contributed by atoms with Gasteiger partial charge in [-0.2, -0.15) is 0 Å². The van der Waals surface area contributed by atoms with Crippen LogP contribution in [-0.4, -0.2) is 15.9 Å². The zero-order chi connectivity index (χ0) is 13.7. The van der Waals surface area contributed by atoms with Gasteiger partial charge in [0.05, 0.1) is 0 Å². The van der Waals surface area contributed by atoms with Crippen LogP contribution in [0.2, 0.25) is 5.28 Å². The third-order valence-corrected chi connectivity index (χ3v) is 2.33. The lowest BCUT2D eigenvalue weighted by atomic mass is 10.2. The zero-order valence-corrected chi connectivity index (χ0v) is 10.9. The largest absolute Gasteiger partial charge is 0.326 e. The normalized spacial score (nSPS) is 9.37. The molecule has 0 bridgehead atoms. The Bertz CT molecular complexity index is 674. The van der Waals surface area contributed by atoms with Crippen LogP contribution in [0.4, 0.5) is 5.69 Å². The van der Waals surface area contributed by atoms with Crippen molar-refractivity contribution >= 4 is 23.2 Å². The quantitative estimate of drug-likeness (QED) is 0.640. The number of aromatic nitrogens is 2. The predicted octanol–water partition coefficient (Wildman–Crippen LogP) is 2.49. The average Bonchev–Trinajstić information content (AvgIpc) is 2.36. The van der Waals surface area contributed by atoms with E-state index in [1.165, 1.54) is 6.92 Å². The van der Waals surface area contributed by atoms with E-state index >= 15 is 0 Å². The van der Waals surface area contributed by atoms with Crippen molar-refractivity contribution in [3.8, 4) is 11.8 Å². The summed E-state index contributed by atoms with van der Waals surface area (Å²) < 4.78 is 0. The van der Waals surface area contributed by atoms with Crippen molar-refractivity contribution in [2.45, 2.75) is 6.92 Å². The van der Waals surface area contributed by atoms with Crippen molar-refractivity contribution in [2.75, 3.05) is 5.32 Å². The summed E-state index contributed by atoms with van der Waals surface area (Å²) in [4.78, 5) is 18.7. The molecule has 0 radical (unpaired) electrons. The number of nitrogens with one attached hydrogen (secondary N) is 1. The molecule has 5 heteroatoms. The van der Waals surface area contributed by atoms with E-state index in [2.05, 4.69) is 27.1 Å². The summed E-state index contributed by atoms with van der Waals surface area (Å²) >= 11 is 5.67. The maximum atomic E-state index is 11.0. The van der Waals surface area contributed by atoms with Crippen molar-refractivity contribution in [1.82, 2.24) is 9.97 Å². The molecule has 0 saturated heterocycles. The predicted molar refractivity (Wildman–Crippen MR) is 73.8 cm³/mol. The first kappa shape index (κ1) is 13.1. The van der Waals surface area contributed by atoms with Crippen LogP contribution in [0.15, 0.2) is 36.5 Å². The summed E-state index contributed by atoms with van der Waals surface area (Å²) in [5.41, 5.74) is 2.03. The van der Waals surface area contributed by atoms with E-state index in [-0.39, 0.29) is 11.2 Å². The summed E-state index contributed by atoms with van der Waals surface area (Å²) in [6.45, 7) is 1.46. The van der Waals surface area contributed by atoms with Crippen LogP contribution in [0, 0.1) is 11.8 Å². The Kier molecular flexibility index (Phi) is 4.11. The zero-order valence-electron chi connectivity index (χ0n) is 10.1.